The van der Waals surface area contributed by atoms with E-state index in [-0.39, 0.29) is 12.5 Å². The number of nitrogens with one attached hydrogen (secondary N) is 1. The van der Waals surface area contributed by atoms with Crippen LogP contribution in [0.1, 0.15) is 43.0 Å². The van der Waals surface area contributed by atoms with Crippen LogP contribution in [0.5, 0.6) is 11.5 Å². The molecule has 0 bridgehead atoms. The van der Waals surface area contributed by atoms with Gasteiger partial charge in [0.15, 0.2) is 0 Å². The van der Waals surface area contributed by atoms with Crippen LogP contribution >= 0.6 is 0 Å². The highest BCUT2D eigenvalue weighted by molar-refractivity contribution is 5.97. The molecule has 1 amide bonds. The van der Waals surface area contributed by atoms with Gasteiger partial charge < -0.3 is 19.9 Å². The second-order valence-electron chi connectivity index (χ2n) is 6.15. The van der Waals surface area contributed by atoms with Crippen molar-refractivity contribution in [3.63, 3.8) is 0 Å². The highest BCUT2D eigenvalue weighted by Crippen LogP contribution is 2.31. The Hall–Kier alpha value is -2.24. The summed E-state index contributed by atoms with van der Waals surface area (Å²) < 4.78 is 11.0. The first-order valence-electron chi connectivity index (χ1n) is 8.37. The van der Waals surface area contributed by atoms with Crippen LogP contribution in [0.2, 0.25) is 0 Å². The number of carbonyl (C=O) groups excluding carboxylic acids is 1. The van der Waals surface area contributed by atoms with Gasteiger partial charge in [0, 0.05) is 12.6 Å². The normalized spacial score (nSPS) is 14.8. The van der Waals surface area contributed by atoms with Crippen LogP contribution in [0, 0.1) is 11.8 Å². The average Bonchev–Trinajstić information content (AvgIpc) is 3.40. The molecule has 1 aromatic carbocycles. The molecule has 132 valence electrons. The molecular weight excluding hydrogens is 310 g/mol. The predicted octanol–water partition coefficient (Wildman–Crippen LogP) is 2.71. The van der Waals surface area contributed by atoms with Crippen LogP contribution < -0.4 is 14.8 Å². The Morgan fingerprint density at radius 1 is 1.38 bits per heavy atom. The molecule has 1 fully saturated rings. The van der Waals surface area contributed by atoms with Crippen molar-refractivity contribution in [2.45, 2.75) is 32.6 Å². The topological polar surface area (TPSA) is 84.9 Å². The lowest BCUT2D eigenvalue weighted by Crippen LogP contribution is -2.33. The van der Waals surface area contributed by atoms with Crippen LogP contribution in [0.25, 0.3) is 0 Å². The smallest absolute Gasteiger partial charge is 0.308 e. The second-order valence-corrected chi connectivity index (χ2v) is 6.15. The van der Waals surface area contributed by atoms with E-state index in [1.54, 1.807) is 25.3 Å². The van der Waals surface area contributed by atoms with E-state index in [2.05, 4.69) is 5.32 Å². The van der Waals surface area contributed by atoms with Crippen LogP contribution in [0.3, 0.4) is 0 Å². The molecule has 0 aromatic heterocycles. The SMILES string of the molecule is CCCC(CNC(=O)c1ccc(OC)cc1OCC1CC1)C(=O)O. The Morgan fingerprint density at radius 2 is 2.12 bits per heavy atom. The molecule has 2 N–H and O–H groups in total. The highest BCUT2D eigenvalue weighted by Gasteiger charge is 2.24. The summed E-state index contributed by atoms with van der Waals surface area (Å²) in [6.07, 6.45) is 3.60. The Bertz CT molecular complexity index is 583. The van der Waals surface area contributed by atoms with Crippen molar-refractivity contribution < 1.29 is 24.2 Å². The van der Waals surface area contributed by atoms with Crippen LogP contribution in [0.4, 0.5) is 0 Å². The van der Waals surface area contributed by atoms with Gasteiger partial charge in [-0.2, -0.15) is 0 Å². The summed E-state index contributed by atoms with van der Waals surface area (Å²) in [6, 6.07) is 5.03. The van der Waals surface area contributed by atoms with Crippen LogP contribution in [-0.4, -0.2) is 37.2 Å². The number of aliphatic carboxylic acids is 1. The zero-order valence-electron chi connectivity index (χ0n) is 14.2. The lowest BCUT2D eigenvalue weighted by molar-refractivity contribution is -0.141. The number of rotatable bonds is 10. The van der Waals surface area contributed by atoms with Crippen molar-refractivity contribution in [1.82, 2.24) is 5.32 Å². The number of carboxylic acid groups (broad SMARTS) is 1. The third-order valence-corrected chi connectivity index (χ3v) is 4.10. The Labute approximate surface area is 142 Å². The molecule has 1 saturated carbocycles. The summed E-state index contributed by atoms with van der Waals surface area (Å²) in [7, 11) is 1.56. The molecule has 0 spiro atoms. The zero-order chi connectivity index (χ0) is 17.5. The maximum atomic E-state index is 12.4. The van der Waals surface area contributed by atoms with Gasteiger partial charge in [-0.3, -0.25) is 9.59 Å². The number of benzene rings is 1. The Balaban J connectivity index is 2.04. The lowest BCUT2D eigenvalue weighted by atomic mass is 10.0. The lowest BCUT2D eigenvalue weighted by Gasteiger charge is -2.15. The van der Waals surface area contributed by atoms with E-state index in [1.165, 1.54) is 0 Å². The number of ether oxygens (including phenoxy) is 2. The number of methoxy groups -OCH3 is 1. The molecule has 1 unspecified atom stereocenters. The van der Waals surface area contributed by atoms with Crippen LogP contribution in [-0.2, 0) is 4.79 Å². The molecule has 1 atom stereocenters. The van der Waals surface area contributed by atoms with Crippen molar-refractivity contribution in [1.29, 1.82) is 0 Å². The summed E-state index contributed by atoms with van der Waals surface area (Å²) in [5.74, 6) is -0.142. The number of hydrogen-bond acceptors (Lipinski definition) is 4. The standard InChI is InChI=1S/C18H25NO5/c1-3-4-13(18(21)22)10-19-17(20)15-8-7-14(23-2)9-16(15)24-11-12-5-6-12/h7-9,12-13H,3-6,10-11H2,1-2H3,(H,19,20)(H,21,22). The van der Waals surface area contributed by atoms with E-state index in [1.807, 2.05) is 6.92 Å². The van der Waals surface area contributed by atoms with Crippen molar-refractivity contribution in [3.8, 4) is 11.5 Å². The fourth-order valence-corrected chi connectivity index (χ4v) is 2.40. The van der Waals surface area contributed by atoms with E-state index in [0.29, 0.717) is 36.0 Å². The molecule has 24 heavy (non-hydrogen) atoms. The van der Waals surface area contributed by atoms with E-state index in [9.17, 15) is 14.7 Å². The number of carbonyl (C=O) groups is 2. The van der Waals surface area contributed by atoms with Crippen molar-refractivity contribution in [2.24, 2.45) is 11.8 Å². The van der Waals surface area contributed by atoms with Gasteiger partial charge in [0.05, 0.1) is 25.2 Å². The monoisotopic (exact) mass is 335 g/mol. The van der Waals surface area contributed by atoms with Crippen molar-refractivity contribution >= 4 is 11.9 Å². The van der Waals surface area contributed by atoms with Gasteiger partial charge in [0.25, 0.3) is 5.91 Å². The first-order valence-corrected chi connectivity index (χ1v) is 8.37. The first-order chi connectivity index (χ1) is 11.5. The summed E-state index contributed by atoms with van der Waals surface area (Å²) in [5, 5.41) is 11.9. The Kier molecular flexibility index (Phi) is 6.46. The molecule has 0 heterocycles. The highest BCUT2D eigenvalue weighted by atomic mass is 16.5. The number of hydrogen-bond donors (Lipinski definition) is 2. The van der Waals surface area contributed by atoms with Gasteiger partial charge >= 0.3 is 5.97 Å². The van der Waals surface area contributed by atoms with Gasteiger partial charge in [-0.1, -0.05) is 13.3 Å². The van der Waals surface area contributed by atoms with Gasteiger partial charge in [-0.15, -0.1) is 0 Å². The molecule has 1 aliphatic rings. The summed E-state index contributed by atoms with van der Waals surface area (Å²) in [5.41, 5.74) is 0.400. The quantitative estimate of drug-likeness (QED) is 0.687. The largest absolute Gasteiger partial charge is 0.497 e. The van der Waals surface area contributed by atoms with Gasteiger partial charge in [0.2, 0.25) is 0 Å². The summed E-state index contributed by atoms with van der Waals surface area (Å²) >= 11 is 0. The predicted molar refractivity (Wildman–Crippen MR) is 89.6 cm³/mol. The van der Waals surface area contributed by atoms with E-state index >= 15 is 0 Å². The molecule has 6 nitrogen and oxygen atoms in total. The third-order valence-electron chi connectivity index (χ3n) is 4.10. The zero-order valence-corrected chi connectivity index (χ0v) is 14.2. The molecule has 2 rings (SSSR count). The molecule has 6 heteroatoms. The molecule has 0 radical (unpaired) electrons. The minimum atomic E-state index is -0.892. The maximum absolute atomic E-state index is 12.4. The van der Waals surface area contributed by atoms with E-state index < -0.39 is 11.9 Å². The molecule has 0 saturated heterocycles. The molecule has 0 aliphatic heterocycles. The average molecular weight is 335 g/mol. The fourth-order valence-electron chi connectivity index (χ4n) is 2.40. The van der Waals surface area contributed by atoms with Gasteiger partial charge in [0.1, 0.15) is 11.5 Å². The molecule has 1 aromatic rings. The minimum Gasteiger partial charge on any atom is -0.497 e. The fraction of sp³-hybridized carbons (Fsp3) is 0.556. The number of amides is 1. The maximum Gasteiger partial charge on any atom is 0.308 e. The summed E-state index contributed by atoms with van der Waals surface area (Å²) in [4.78, 5) is 23.6. The van der Waals surface area contributed by atoms with Crippen molar-refractivity contribution in [3.05, 3.63) is 23.8 Å². The minimum absolute atomic E-state index is 0.107. The third kappa shape index (κ3) is 5.15. The van der Waals surface area contributed by atoms with Crippen molar-refractivity contribution in [2.75, 3.05) is 20.3 Å². The van der Waals surface area contributed by atoms with E-state index in [0.717, 1.165) is 19.3 Å². The summed E-state index contributed by atoms with van der Waals surface area (Å²) in [6.45, 7) is 2.61. The first kappa shape index (κ1) is 18.1. The molecular formula is C18H25NO5. The van der Waals surface area contributed by atoms with E-state index in [4.69, 9.17) is 9.47 Å². The molecule has 1 aliphatic carbocycles. The van der Waals surface area contributed by atoms with Gasteiger partial charge in [-0.05, 0) is 37.3 Å². The van der Waals surface area contributed by atoms with Crippen LogP contribution in [0.15, 0.2) is 18.2 Å². The number of carboxylic acids is 1. The second kappa shape index (κ2) is 8.57. The Morgan fingerprint density at radius 3 is 2.71 bits per heavy atom. The van der Waals surface area contributed by atoms with Gasteiger partial charge in [-0.25, -0.2) is 0 Å².